The third-order valence-electron chi connectivity index (χ3n) is 2.03. The lowest BCUT2D eigenvalue weighted by Gasteiger charge is -2.03. The lowest BCUT2D eigenvalue weighted by atomic mass is 10.2. The standard InChI is InChI=1S/C9H11N5.C2H6/c10-9-11-4-6-14(9)5-2-8-1-3-12-13-7-8;1-2/h1,3-4,6-7H,2,5H2,(H2,10,11);1-2H3. The summed E-state index contributed by atoms with van der Waals surface area (Å²) >= 11 is 0. The molecule has 5 heteroatoms. The summed E-state index contributed by atoms with van der Waals surface area (Å²) in [6.45, 7) is 4.82. The summed E-state index contributed by atoms with van der Waals surface area (Å²) < 4.78 is 1.90. The lowest BCUT2D eigenvalue weighted by molar-refractivity contribution is 0.702. The van der Waals surface area contributed by atoms with Gasteiger partial charge in [0.1, 0.15) is 0 Å². The Morgan fingerprint density at radius 1 is 1.25 bits per heavy atom. The number of nitrogens with two attached hydrogens (primary N) is 1. The maximum absolute atomic E-state index is 5.63. The number of hydrogen-bond acceptors (Lipinski definition) is 4. The van der Waals surface area contributed by atoms with Crippen molar-refractivity contribution in [2.45, 2.75) is 26.8 Å². The maximum atomic E-state index is 5.63. The minimum absolute atomic E-state index is 0.548. The highest BCUT2D eigenvalue weighted by atomic mass is 15.1. The summed E-state index contributed by atoms with van der Waals surface area (Å²) in [7, 11) is 0. The van der Waals surface area contributed by atoms with E-state index in [1.54, 1.807) is 18.6 Å². The molecule has 0 atom stereocenters. The average molecular weight is 219 g/mol. The number of aryl methyl sites for hydroxylation is 2. The Bertz CT molecular complexity index is 396. The Hall–Kier alpha value is -1.91. The van der Waals surface area contributed by atoms with Crippen molar-refractivity contribution in [2.75, 3.05) is 5.73 Å². The fourth-order valence-corrected chi connectivity index (χ4v) is 1.25. The van der Waals surface area contributed by atoms with Crippen molar-refractivity contribution in [1.82, 2.24) is 19.7 Å². The zero-order chi connectivity index (χ0) is 11.8. The van der Waals surface area contributed by atoms with Gasteiger partial charge in [0, 0.05) is 25.1 Å². The molecule has 2 aromatic rings. The first-order chi connectivity index (χ1) is 7.86. The van der Waals surface area contributed by atoms with Crippen molar-refractivity contribution in [1.29, 1.82) is 0 Å². The van der Waals surface area contributed by atoms with Crippen LogP contribution in [0.2, 0.25) is 0 Å². The van der Waals surface area contributed by atoms with Gasteiger partial charge in [-0.15, -0.1) is 0 Å². The summed E-state index contributed by atoms with van der Waals surface area (Å²) in [6.07, 6.45) is 7.89. The Morgan fingerprint density at radius 2 is 2.06 bits per heavy atom. The average Bonchev–Trinajstić information content (AvgIpc) is 2.76. The number of aromatic nitrogens is 4. The minimum Gasteiger partial charge on any atom is -0.369 e. The lowest BCUT2D eigenvalue weighted by Crippen LogP contribution is -2.04. The van der Waals surface area contributed by atoms with Gasteiger partial charge in [0.2, 0.25) is 0 Å². The van der Waals surface area contributed by atoms with Crippen molar-refractivity contribution in [3.05, 3.63) is 36.4 Å². The molecule has 0 aromatic carbocycles. The molecular weight excluding hydrogens is 202 g/mol. The second kappa shape index (κ2) is 6.55. The third kappa shape index (κ3) is 3.34. The Balaban J connectivity index is 0.000000606. The Morgan fingerprint density at radius 3 is 2.62 bits per heavy atom. The van der Waals surface area contributed by atoms with Crippen LogP contribution < -0.4 is 5.73 Å². The van der Waals surface area contributed by atoms with Gasteiger partial charge in [-0.1, -0.05) is 13.8 Å². The van der Waals surface area contributed by atoms with E-state index in [-0.39, 0.29) is 0 Å². The monoisotopic (exact) mass is 219 g/mol. The highest BCUT2D eigenvalue weighted by Crippen LogP contribution is 2.02. The SMILES string of the molecule is CC.Nc1nccn1CCc1ccnnc1. The highest BCUT2D eigenvalue weighted by molar-refractivity contribution is 5.17. The van der Waals surface area contributed by atoms with Crippen molar-refractivity contribution >= 4 is 5.95 Å². The fraction of sp³-hybridized carbons (Fsp3) is 0.364. The number of imidazole rings is 1. The predicted octanol–water partition coefficient (Wildman–Crippen LogP) is 1.52. The van der Waals surface area contributed by atoms with Gasteiger partial charge in [0.25, 0.3) is 0 Å². The summed E-state index contributed by atoms with van der Waals surface area (Å²) in [5, 5.41) is 7.51. The molecule has 2 rings (SSSR count). The first-order valence-corrected chi connectivity index (χ1v) is 5.38. The molecule has 0 aliphatic rings. The molecule has 0 saturated heterocycles. The van der Waals surface area contributed by atoms with E-state index >= 15 is 0 Å². The molecule has 2 heterocycles. The molecule has 0 unspecified atom stereocenters. The van der Waals surface area contributed by atoms with Crippen LogP contribution in [-0.2, 0) is 13.0 Å². The molecule has 2 aromatic heterocycles. The Kier molecular flexibility index (Phi) is 4.98. The number of nitrogen functional groups attached to an aromatic ring is 1. The highest BCUT2D eigenvalue weighted by Gasteiger charge is 1.98. The zero-order valence-corrected chi connectivity index (χ0v) is 9.67. The van der Waals surface area contributed by atoms with Gasteiger partial charge in [-0.05, 0) is 18.1 Å². The van der Waals surface area contributed by atoms with Gasteiger partial charge in [-0.3, -0.25) is 0 Å². The van der Waals surface area contributed by atoms with Gasteiger partial charge in [-0.25, -0.2) is 4.98 Å². The van der Waals surface area contributed by atoms with Crippen LogP contribution in [0.1, 0.15) is 19.4 Å². The second-order valence-corrected chi connectivity index (χ2v) is 2.98. The van der Waals surface area contributed by atoms with Gasteiger partial charge < -0.3 is 10.3 Å². The number of anilines is 1. The van der Waals surface area contributed by atoms with E-state index in [0.29, 0.717) is 5.95 Å². The summed E-state index contributed by atoms with van der Waals surface area (Å²) in [4.78, 5) is 3.94. The molecule has 0 bridgehead atoms. The van der Waals surface area contributed by atoms with Crippen LogP contribution in [-0.4, -0.2) is 19.7 Å². The third-order valence-corrected chi connectivity index (χ3v) is 2.03. The normalized spacial score (nSPS) is 9.38. The van der Waals surface area contributed by atoms with Gasteiger partial charge in [0.15, 0.2) is 5.95 Å². The topological polar surface area (TPSA) is 69.6 Å². The molecular formula is C11H17N5. The van der Waals surface area contributed by atoms with Crippen LogP contribution in [0.5, 0.6) is 0 Å². The maximum Gasteiger partial charge on any atom is 0.200 e. The van der Waals surface area contributed by atoms with Crippen LogP contribution in [0.3, 0.4) is 0 Å². The van der Waals surface area contributed by atoms with E-state index in [1.165, 1.54) is 0 Å². The largest absolute Gasteiger partial charge is 0.369 e. The van der Waals surface area contributed by atoms with Gasteiger partial charge in [0.05, 0.1) is 6.20 Å². The fourth-order valence-electron chi connectivity index (χ4n) is 1.25. The second-order valence-electron chi connectivity index (χ2n) is 2.98. The molecule has 0 radical (unpaired) electrons. The van der Waals surface area contributed by atoms with Crippen molar-refractivity contribution in [3.63, 3.8) is 0 Å². The summed E-state index contributed by atoms with van der Waals surface area (Å²) in [5.74, 6) is 0.548. The molecule has 0 saturated carbocycles. The summed E-state index contributed by atoms with van der Waals surface area (Å²) in [6, 6.07) is 1.94. The van der Waals surface area contributed by atoms with E-state index in [9.17, 15) is 0 Å². The van der Waals surface area contributed by atoms with E-state index in [2.05, 4.69) is 15.2 Å². The van der Waals surface area contributed by atoms with Crippen LogP contribution >= 0.6 is 0 Å². The molecule has 16 heavy (non-hydrogen) atoms. The van der Waals surface area contributed by atoms with Crippen molar-refractivity contribution < 1.29 is 0 Å². The molecule has 2 N–H and O–H groups in total. The molecule has 86 valence electrons. The van der Waals surface area contributed by atoms with Crippen LogP contribution in [0.25, 0.3) is 0 Å². The van der Waals surface area contributed by atoms with E-state index in [4.69, 9.17) is 5.73 Å². The molecule has 0 aliphatic carbocycles. The quantitative estimate of drug-likeness (QED) is 0.849. The van der Waals surface area contributed by atoms with Crippen LogP contribution in [0.15, 0.2) is 30.9 Å². The summed E-state index contributed by atoms with van der Waals surface area (Å²) in [5.41, 5.74) is 6.77. The first-order valence-electron chi connectivity index (χ1n) is 5.38. The van der Waals surface area contributed by atoms with E-state index in [1.807, 2.05) is 30.7 Å². The molecule has 5 nitrogen and oxygen atoms in total. The Labute approximate surface area is 95.3 Å². The van der Waals surface area contributed by atoms with Crippen LogP contribution in [0.4, 0.5) is 5.95 Å². The van der Waals surface area contributed by atoms with Crippen molar-refractivity contribution in [2.24, 2.45) is 0 Å². The number of hydrogen-bond donors (Lipinski definition) is 1. The number of nitrogens with zero attached hydrogens (tertiary/aromatic N) is 4. The zero-order valence-electron chi connectivity index (χ0n) is 9.67. The van der Waals surface area contributed by atoms with Gasteiger partial charge in [-0.2, -0.15) is 10.2 Å². The van der Waals surface area contributed by atoms with Gasteiger partial charge >= 0.3 is 0 Å². The minimum atomic E-state index is 0.548. The van der Waals surface area contributed by atoms with Crippen molar-refractivity contribution in [3.8, 4) is 0 Å². The van der Waals surface area contributed by atoms with Crippen LogP contribution in [0, 0.1) is 0 Å². The van der Waals surface area contributed by atoms with E-state index < -0.39 is 0 Å². The molecule has 0 aliphatic heterocycles. The van der Waals surface area contributed by atoms with E-state index in [0.717, 1.165) is 18.5 Å². The first kappa shape index (κ1) is 12.2. The number of rotatable bonds is 3. The molecule has 0 spiro atoms. The molecule has 0 fully saturated rings. The predicted molar refractivity (Wildman–Crippen MR) is 63.7 cm³/mol. The smallest absolute Gasteiger partial charge is 0.200 e. The molecule has 0 amide bonds.